The lowest BCUT2D eigenvalue weighted by molar-refractivity contribution is -0.120. The van der Waals surface area contributed by atoms with E-state index >= 15 is 0 Å². The lowest BCUT2D eigenvalue weighted by atomic mass is 9.88. The van der Waals surface area contributed by atoms with Crippen molar-refractivity contribution < 1.29 is 13.9 Å². The number of hydrogen-bond acceptors (Lipinski definition) is 5. The number of benzene rings is 1. The zero-order valence-corrected chi connectivity index (χ0v) is 13.2. The first-order valence-electron chi connectivity index (χ1n) is 8.03. The standard InChI is InChI=1S/C17H21N3O3/c1-12-19-20-16(23-12)11-22-15-9-7-14(8-10-15)18-17(21)13-5-3-2-4-6-13/h7-10,13H,2-6,11H2,1H3,(H,18,21). The maximum absolute atomic E-state index is 12.2. The summed E-state index contributed by atoms with van der Waals surface area (Å²) in [5, 5.41) is 10.6. The van der Waals surface area contributed by atoms with E-state index in [1.165, 1.54) is 6.42 Å². The Balaban J connectivity index is 1.51. The number of aryl methyl sites for hydroxylation is 1. The number of anilines is 1. The lowest BCUT2D eigenvalue weighted by Crippen LogP contribution is -2.24. The number of rotatable bonds is 5. The van der Waals surface area contributed by atoms with Gasteiger partial charge in [-0.3, -0.25) is 4.79 Å². The Morgan fingerprint density at radius 1 is 1.22 bits per heavy atom. The molecule has 1 N–H and O–H groups in total. The van der Waals surface area contributed by atoms with Crippen molar-refractivity contribution in [1.29, 1.82) is 0 Å². The maximum atomic E-state index is 12.2. The summed E-state index contributed by atoms with van der Waals surface area (Å²) in [7, 11) is 0. The van der Waals surface area contributed by atoms with Crippen LogP contribution < -0.4 is 10.1 Å². The number of carbonyl (C=O) groups is 1. The largest absolute Gasteiger partial charge is 0.484 e. The molecule has 1 saturated carbocycles. The Morgan fingerprint density at radius 3 is 2.61 bits per heavy atom. The molecule has 0 atom stereocenters. The van der Waals surface area contributed by atoms with Gasteiger partial charge in [-0.05, 0) is 37.1 Å². The van der Waals surface area contributed by atoms with Crippen LogP contribution >= 0.6 is 0 Å². The van der Waals surface area contributed by atoms with Crippen LogP contribution in [0.1, 0.15) is 43.9 Å². The molecule has 0 unspecified atom stereocenters. The first kappa shape index (κ1) is 15.5. The van der Waals surface area contributed by atoms with Crippen molar-refractivity contribution in [1.82, 2.24) is 10.2 Å². The number of amides is 1. The minimum Gasteiger partial charge on any atom is -0.484 e. The lowest BCUT2D eigenvalue weighted by Gasteiger charge is -2.20. The molecule has 1 fully saturated rings. The summed E-state index contributed by atoms with van der Waals surface area (Å²) in [6.07, 6.45) is 5.54. The smallest absolute Gasteiger partial charge is 0.253 e. The Hall–Kier alpha value is -2.37. The first-order valence-corrected chi connectivity index (χ1v) is 8.03. The van der Waals surface area contributed by atoms with E-state index in [1.54, 1.807) is 6.92 Å². The zero-order chi connectivity index (χ0) is 16.1. The van der Waals surface area contributed by atoms with Crippen LogP contribution in [-0.2, 0) is 11.4 Å². The van der Waals surface area contributed by atoms with Crippen LogP contribution in [0.5, 0.6) is 5.75 Å². The number of ether oxygens (including phenoxy) is 1. The van der Waals surface area contributed by atoms with E-state index in [-0.39, 0.29) is 18.4 Å². The van der Waals surface area contributed by atoms with Gasteiger partial charge in [0.1, 0.15) is 5.75 Å². The van der Waals surface area contributed by atoms with Gasteiger partial charge in [0.05, 0.1) is 0 Å². The van der Waals surface area contributed by atoms with E-state index in [9.17, 15) is 4.79 Å². The van der Waals surface area contributed by atoms with Crippen LogP contribution in [0.25, 0.3) is 0 Å². The molecule has 1 aliphatic rings. The minimum absolute atomic E-state index is 0.125. The average molecular weight is 315 g/mol. The molecular weight excluding hydrogens is 294 g/mol. The van der Waals surface area contributed by atoms with Crippen LogP contribution in [0.3, 0.4) is 0 Å². The average Bonchev–Trinajstić information content (AvgIpc) is 3.00. The van der Waals surface area contributed by atoms with Gasteiger partial charge in [-0.2, -0.15) is 0 Å². The van der Waals surface area contributed by atoms with Crippen molar-refractivity contribution in [3.05, 3.63) is 36.0 Å². The Labute approximate surface area is 135 Å². The van der Waals surface area contributed by atoms with Crippen molar-refractivity contribution >= 4 is 11.6 Å². The number of carbonyl (C=O) groups excluding carboxylic acids is 1. The molecule has 23 heavy (non-hydrogen) atoms. The molecule has 0 spiro atoms. The molecule has 3 rings (SSSR count). The third-order valence-electron chi connectivity index (χ3n) is 4.03. The van der Waals surface area contributed by atoms with Crippen LogP contribution in [0.15, 0.2) is 28.7 Å². The highest BCUT2D eigenvalue weighted by Crippen LogP contribution is 2.25. The van der Waals surface area contributed by atoms with Gasteiger partial charge in [-0.15, -0.1) is 10.2 Å². The molecule has 1 aliphatic carbocycles. The van der Waals surface area contributed by atoms with E-state index in [0.717, 1.165) is 31.4 Å². The maximum Gasteiger partial charge on any atom is 0.253 e. The van der Waals surface area contributed by atoms with Gasteiger partial charge in [0.25, 0.3) is 5.89 Å². The van der Waals surface area contributed by atoms with Gasteiger partial charge in [0.15, 0.2) is 6.61 Å². The highest BCUT2D eigenvalue weighted by molar-refractivity contribution is 5.92. The summed E-state index contributed by atoms with van der Waals surface area (Å²) in [6.45, 7) is 1.97. The van der Waals surface area contributed by atoms with Crippen molar-refractivity contribution in [3.8, 4) is 5.75 Å². The van der Waals surface area contributed by atoms with E-state index in [1.807, 2.05) is 24.3 Å². The van der Waals surface area contributed by atoms with Crippen LogP contribution in [0, 0.1) is 12.8 Å². The SMILES string of the molecule is Cc1nnc(COc2ccc(NC(=O)C3CCCCC3)cc2)o1. The van der Waals surface area contributed by atoms with Gasteiger partial charge in [-0.25, -0.2) is 0 Å². The monoisotopic (exact) mass is 315 g/mol. The molecule has 122 valence electrons. The van der Waals surface area contributed by atoms with Crippen LogP contribution in [0.4, 0.5) is 5.69 Å². The van der Waals surface area contributed by atoms with E-state index in [2.05, 4.69) is 15.5 Å². The fraction of sp³-hybridized carbons (Fsp3) is 0.471. The van der Waals surface area contributed by atoms with Crippen LogP contribution in [-0.4, -0.2) is 16.1 Å². The summed E-state index contributed by atoms with van der Waals surface area (Å²) in [4.78, 5) is 12.2. The summed E-state index contributed by atoms with van der Waals surface area (Å²) >= 11 is 0. The molecule has 6 heteroatoms. The van der Waals surface area contributed by atoms with Gasteiger partial charge < -0.3 is 14.5 Å². The van der Waals surface area contributed by atoms with Gasteiger partial charge >= 0.3 is 0 Å². The summed E-state index contributed by atoms with van der Waals surface area (Å²) in [5.74, 6) is 1.93. The quantitative estimate of drug-likeness (QED) is 0.914. The normalized spacial score (nSPS) is 15.3. The van der Waals surface area contributed by atoms with Crippen LogP contribution in [0.2, 0.25) is 0 Å². The predicted molar refractivity (Wildman–Crippen MR) is 85.0 cm³/mol. The number of aromatic nitrogens is 2. The molecule has 1 heterocycles. The molecule has 0 aliphatic heterocycles. The third kappa shape index (κ3) is 4.31. The zero-order valence-electron chi connectivity index (χ0n) is 13.2. The summed E-state index contributed by atoms with van der Waals surface area (Å²) in [6, 6.07) is 7.32. The second-order valence-corrected chi connectivity index (χ2v) is 5.85. The first-order chi connectivity index (χ1) is 11.2. The van der Waals surface area contributed by atoms with Crippen molar-refractivity contribution in [3.63, 3.8) is 0 Å². The molecule has 2 aromatic rings. The number of hydrogen-bond donors (Lipinski definition) is 1. The highest BCUT2D eigenvalue weighted by Gasteiger charge is 2.20. The molecular formula is C17H21N3O3. The van der Waals surface area contributed by atoms with Crippen molar-refractivity contribution in [2.24, 2.45) is 5.92 Å². The fourth-order valence-electron chi connectivity index (χ4n) is 2.78. The molecule has 1 aromatic heterocycles. The second kappa shape index (κ2) is 7.26. The number of nitrogens with one attached hydrogen (secondary N) is 1. The third-order valence-corrected chi connectivity index (χ3v) is 4.03. The number of nitrogens with zero attached hydrogens (tertiary/aromatic N) is 2. The molecule has 0 bridgehead atoms. The van der Waals surface area contributed by atoms with Gasteiger partial charge in [0, 0.05) is 18.5 Å². The van der Waals surface area contributed by atoms with E-state index in [0.29, 0.717) is 17.5 Å². The molecule has 1 amide bonds. The molecule has 6 nitrogen and oxygen atoms in total. The Kier molecular flexibility index (Phi) is 4.90. The van der Waals surface area contributed by atoms with Crippen molar-refractivity contribution in [2.75, 3.05) is 5.32 Å². The fourth-order valence-corrected chi connectivity index (χ4v) is 2.78. The Morgan fingerprint density at radius 2 is 1.96 bits per heavy atom. The van der Waals surface area contributed by atoms with Crippen molar-refractivity contribution in [2.45, 2.75) is 45.6 Å². The Bertz CT molecular complexity index is 645. The molecule has 0 radical (unpaired) electrons. The summed E-state index contributed by atoms with van der Waals surface area (Å²) in [5.41, 5.74) is 0.793. The second-order valence-electron chi connectivity index (χ2n) is 5.85. The molecule has 0 saturated heterocycles. The topological polar surface area (TPSA) is 77.3 Å². The van der Waals surface area contributed by atoms with E-state index < -0.39 is 0 Å². The highest BCUT2D eigenvalue weighted by atomic mass is 16.5. The van der Waals surface area contributed by atoms with Gasteiger partial charge in [0.2, 0.25) is 11.8 Å². The molecule has 1 aromatic carbocycles. The predicted octanol–water partition coefficient (Wildman–Crippen LogP) is 3.48. The summed E-state index contributed by atoms with van der Waals surface area (Å²) < 4.78 is 10.8. The van der Waals surface area contributed by atoms with Gasteiger partial charge in [-0.1, -0.05) is 19.3 Å². The minimum atomic E-state index is 0.125. The van der Waals surface area contributed by atoms with E-state index in [4.69, 9.17) is 9.15 Å².